The van der Waals surface area contributed by atoms with Crippen molar-refractivity contribution in [1.29, 1.82) is 0 Å². The first-order valence-corrected chi connectivity index (χ1v) is 7.25. The first-order chi connectivity index (χ1) is 9.25. The summed E-state index contributed by atoms with van der Waals surface area (Å²) in [5.74, 6) is -0.151. The van der Waals surface area contributed by atoms with Crippen LogP contribution in [0.3, 0.4) is 0 Å². The molecule has 1 fully saturated rings. The minimum absolute atomic E-state index is 0.0635. The second-order valence-electron chi connectivity index (χ2n) is 5.47. The van der Waals surface area contributed by atoms with E-state index in [9.17, 15) is 4.79 Å². The van der Waals surface area contributed by atoms with Gasteiger partial charge in [0, 0.05) is 6.04 Å². The summed E-state index contributed by atoms with van der Waals surface area (Å²) < 4.78 is 0. The van der Waals surface area contributed by atoms with E-state index in [0.29, 0.717) is 12.0 Å². The van der Waals surface area contributed by atoms with E-state index >= 15 is 0 Å². The van der Waals surface area contributed by atoms with Crippen LogP contribution in [0, 0.1) is 5.92 Å². The number of nitrogens with one attached hydrogen (secondary N) is 1. The number of benzene rings is 1. The van der Waals surface area contributed by atoms with Gasteiger partial charge in [-0.25, -0.2) is 0 Å². The Morgan fingerprint density at radius 3 is 2.53 bits per heavy atom. The van der Waals surface area contributed by atoms with Gasteiger partial charge < -0.3 is 10.4 Å². The molecule has 1 aromatic rings. The van der Waals surface area contributed by atoms with Crippen LogP contribution in [0.25, 0.3) is 0 Å². The van der Waals surface area contributed by atoms with Crippen LogP contribution in [0.5, 0.6) is 0 Å². The van der Waals surface area contributed by atoms with E-state index in [2.05, 4.69) is 17.4 Å². The molecule has 1 unspecified atom stereocenters. The average Bonchev–Trinajstić information content (AvgIpc) is 2.45. The predicted octanol–water partition coefficient (Wildman–Crippen LogP) is 2.85. The topological polar surface area (TPSA) is 49.3 Å². The molecule has 0 spiro atoms. The fourth-order valence-corrected chi connectivity index (χ4v) is 3.03. The lowest BCUT2D eigenvalue weighted by atomic mass is 9.81. The highest BCUT2D eigenvalue weighted by Gasteiger charge is 2.23. The number of carbonyl (C=O) groups is 1. The number of carboxylic acid groups (broad SMARTS) is 1. The van der Waals surface area contributed by atoms with Crippen molar-refractivity contribution in [3.8, 4) is 0 Å². The van der Waals surface area contributed by atoms with Crippen LogP contribution in [0.2, 0.25) is 0 Å². The van der Waals surface area contributed by atoms with E-state index in [-0.39, 0.29) is 6.54 Å². The summed E-state index contributed by atoms with van der Waals surface area (Å²) in [4.78, 5) is 10.8. The minimum Gasteiger partial charge on any atom is -0.480 e. The Labute approximate surface area is 115 Å². The zero-order valence-electron chi connectivity index (χ0n) is 11.3. The molecular formula is C16H23NO2. The van der Waals surface area contributed by atoms with Crippen molar-refractivity contribution in [1.82, 2.24) is 5.32 Å². The molecule has 1 saturated carbocycles. The molecule has 0 saturated heterocycles. The number of aliphatic carboxylic acids is 1. The van der Waals surface area contributed by atoms with Gasteiger partial charge in [0.25, 0.3) is 0 Å². The van der Waals surface area contributed by atoms with Gasteiger partial charge in [0.2, 0.25) is 0 Å². The highest BCUT2D eigenvalue weighted by molar-refractivity contribution is 5.69. The third-order valence-electron chi connectivity index (χ3n) is 4.03. The molecule has 2 rings (SSSR count). The SMILES string of the molecule is O=C(O)CNC(Cc1ccccc1)C1CCCCC1. The van der Waals surface area contributed by atoms with Crippen LogP contribution in [0.1, 0.15) is 37.7 Å². The van der Waals surface area contributed by atoms with Crippen molar-refractivity contribution in [3.05, 3.63) is 35.9 Å². The Bertz CT molecular complexity index is 385. The summed E-state index contributed by atoms with van der Waals surface area (Å²) in [5.41, 5.74) is 1.29. The minimum atomic E-state index is -0.770. The molecule has 3 nitrogen and oxygen atoms in total. The molecule has 0 amide bonds. The Morgan fingerprint density at radius 1 is 1.21 bits per heavy atom. The van der Waals surface area contributed by atoms with Gasteiger partial charge in [0.1, 0.15) is 0 Å². The molecule has 3 heteroatoms. The molecule has 0 aromatic heterocycles. The highest BCUT2D eigenvalue weighted by atomic mass is 16.4. The Morgan fingerprint density at radius 2 is 1.89 bits per heavy atom. The zero-order chi connectivity index (χ0) is 13.5. The van der Waals surface area contributed by atoms with E-state index in [1.807, 2.05) is 18.2 Å². The van der Waals surface area contributed by atoms with Gasteiger partial charge in [-0.05, 0) is 30.7 Å². The van der Waals surface area contributed by atoms with Gasteiger partial charge >= 0.3 is 5.97 Å². The molecule has 104 valence electrons. The molecule has 1 aromatic carbocycles. The fourth-order valence-electron chi connectivity index (χ4n) is 3.03. The molecule has 2 N–H and O–H groups in total. The Hall–Kier alpha value is -1.35. The molecule has 0 bridgehead atoms. The number of hydrogen-bond donors (Lipinski definition) is 2. The largest absolute Gasteiger partial charge is 0.480 e. The normalized spacial score (nSPS) is 18.1. The summed E-state index contributed by atoms with van der Waals surface area (Å²) in [6.07, 6.45) is 7.27. The van der Waals surface area contributed by atoms with Crippen molar-refractivity contribution in [2.24, 2.45) is 5.92 Å². The monoisotopic (exact) mass is 261 g/mol. The molecule has 1 aliphatic carbocycles. The second-order valence-corrected chi connectivity index (χ2v) is 5.47. The number of hydrogen-bond acceptors (Lipinski definition) is 2. The Balaban J connectivity index is 1.98. The van der Waals surface area contributed by atoms with E-state index in [1.54, 1.807) is 0 Å². The van der Waals surface area contributed by atoms with Gasteiger partial charge in [-0.1, -0.05) is 49.6 Å². The molecule has 0 aliphatic heterocycles. The summed E-state index contributed by atoms with van der Waals surface area (Å²) >= 11 is 0. The summed E-state index contributed by atoms with van der Waals surface area (Å²) in [6.45, 7) is 0.0635. The van der Waals surface area contributed by atoms with E-state index in [0.717, 1.165) is 6.42 Å². The van der Waals surface area contributed by atoms with Crippen molar-refractivity contribution >= 4 is 5.97 Å². The molecule has 1 atom stereocenters. The van der Waals surface area contributed by atoms with Crippen LogP contribution in [0.4, 0.5) is 0 Å². The van der Waals surface area contributed by atoms with E-state index in [1.165, 1.54) is 37.7 Å². The van der Waals surface area contributed by atoms with Crippen molar-refractivity contribution < 1.29 is 9.90 Å². The maximum Gasteiger partial charge on any atom is 0.317 e. The molecule has 1 aliphatic rings. The standard InChI is InChI=1S/C16H23NO2/c18-16(19)12-17-15(14-9-5-2-6-10-14)11-13-7-3-1-4-8-13/h1,3-4,7-8,14-15,17H,2,5-6,9-12H2,(H,18,19). The first kappa shape index (κ1) is 14.1. The Kier molecular flexibility index (Phi) is 5.40. The van der Waals surface area contributed by atoms with Gasteiger partial charge in [-0.15, -0.1) is 0 Å². The second kappa shape index (κ2) is 7.29. The van der Waals surface area contributed by atoms with Crippen molar-refractivity contribution in [2.45, 2.75) is 44.6 Å². The average molecular weight is 261 g/mol. The molecule has 0 heterocycles. The van der Waals surface area contributed by atoms with Crippen LogP contribution >= 0.6 is 0 Å². The third-order valence-corrected chi connectivity index (χ3v) is 4.03. The molecule has 19 heavy (non-hydrogen) atoms. The van der Waals surface area contributed by atoms with Crippen molar-refractivity contribution in [2.75, 3.05) is 6.54 Å². The van der Waals surface area contributed by atoms with Crippen LogP contribution in [-0.4, -0.2) is 23.7 Å². The number of carboxylic acids is 1. The summed E-state index contributed by atoms with van der Waals surface area (Å²) in [7, 11) is 0. The molecular weight excluding hydrogens is 238 g/mol. The first-order valence-electron chi connectivity index (χ1n) is 7.25. The number of rotatable bonds is 6. The van der Waals surface area contributed by atoms with Gasteiger partial charge in [0.15, 0.2) is 0 Å². The predicted molar refractivity (Wildman–Crippen MR) is 76.1 cm³/mol. The van der Waals surface area contributed by atoms with Crippen LogP contribution < -0.4 is 5.32 Å². The lowest BCUT2D eigenvalue weighted by Crippen LogP contribution is -2.41. The third kappa shape index (κ3) is 4.67. The molecule has 0 radical (unpaired) electrons. The van der Waals surface area contributed by atoms with Gasteiger partial charge in [-0.3, -0.25) is 4.79 Å². The van der Waals surface area contributed by atoms with Crippen LogP contribution in [0.15, 0.2) is 30.3 Å². The maximum atomic E-state index is 10.8. The van der Waals surface area contributed by atoms with Gasteiger partial charge in [-0.2, -0.15) is 0 Å². The highest BCUT2D eigenvalue weighted by Crippen LogP contribution is 2.28. The quantitative estimate of drug-likeness (QED) is 0.828. The van der Waals surface area contributed by atoms with E-state index in [4.69, 9.17) is 5.11 Å². The zero-order valence-corrected chi connectivity index (χ0v) is 11.3. The lowest BCUT2D eigenvalue weighted by molar-refractivity contribution is -0.136. The lowest BCUT2D eigenvalue weighted by Gasteiger charge is -2.31. The van der Waals surface area contributed by atoms with E-state index < -0.39 is 5.97 Å². The van der Waals surface area contributed by atoms with Crippen molar-refractivity contribution in [3.63, 3.8) is 0 Å². The van der Waals surface area contributed by atoms with Gasteiger partial charge in [0.05, 0.1) is 6.54 Å². The smallest absolute Gasteiger partial charge is 0.317 e. The summed E-state index contributed by atoms with van der Waals surface area (Å²) in [5, 5.41) is 12.1. The fraction of sp³-hybridized carbons (Fsp3) is 0.562. The maximum absolute atomic E-state index is 10.8. The van der Waals surface area contributed by atoms with Crippen LogP contribution in [-0.2, 0) is 11.2 Å². The summed E-state index contributed by atoms with van der Waals surface area (Å²) in [6, 6.07) is 10.6.